The van der Waals surface area contributed by atoms with Crippen molar-refractivity contribution in [3.63, 3.8) is 0 Å². The van der Waals surface area contributed by atoms with Crippen molar-refractivity contribution in [2.45, 2.75) is 78.4 Å². The van der Waals surface area contributed by atoms with E-state index in [2.05, 4.69) is 24.3 Å². The van der Waals surface area contributed by atoms with E-state index in [0.717, 1.165) is 54.7 Å². The van der Waals surface area contributed by atoms with Crippen LogP contribution in [-0.4, -0.2) is 39.6 Å². The van der Waals surface area contributed by atoms with Gasteiger partial charge in [-0.2, -0.15) is 5.10 Å². The fraction of sp³-hybridized carbons (Fsp3) is 0.520. The van der Waals surface area contributed by atoms with E-state index < -0.39 is 0 Å². The highest BCUT2D eigenvalue weighted by Gasteiger charge is 2.35. The number of aryl methyl sites for hydroxylation is 1. The Morgan fingerprint density at radius 3 is 2.38 bits per heavy atom. The molecule has 2 aromatic rings. The number of amides is 1. The van der Waals surface area contributed by atoms with E-state index in [0.29, 0.717) is 12.0 Å². The van der Waals surface area contributed by atoms with Crippen molar-refractivity contribution < 1.29 is 19.1 Å². The second-order valence-corrected chi connectivity index (χ2v) is 9.86. The number of nitrogens with one attached hydrogen (secondary N) is 1. The first-order valence-electron chi connectivity index (χ1n) is 11.3. The molecule has 170 valence electrons. The fourth-order valence-corrected chi connectivity index (χ4v) is 4.94. The summed E-state index contributed by atoms with van der Waals surface area (Å²) >= 11 is 0. The minimum absolute atomic E-state index is 0.0414. The number of aromatic nitrogens is 2. The second-order valence-electron chi connectivity index (χ2n) is 9.86. The van der Waals surface area contributed by atoms with Crippen molar-refractivity contribution in [2.75, 3.05) is 0 Å². The Labute approximate surface area is 188 Å². The lowest BCUT2D eigenvalue weighted by molar-refractivity contribution is -0.147. The summed E-state index contributed by atoms with van der Waals surface area (Å²) in [6, 6.07) is 7.45. The summed E-state index contributed by atoms with van der Waals surface area (Å²) in [5.74, 6) is -0.207. The van der Waals surface area contributed by atoms with Crippen molar-refractivity contribution in [1.29, 1.82) is 0 Å². The highest BCUT2D eigenvalue weighted by atomic mass is 16.5. The van der Waals surface area contributed by atoms with Gasteiger partial charge in [-0.05, 0) is 68.7 Å². The van der Waals surface area contributed by atoms with Gasteiger partial charge in [0.05, 0.1) is 22.6 Å². The third kappa shape index (κ3) is 4.61. The number of hydrogen-bond acceptors (Lipinski definition) is 5. The number of hydrogen-bond donors (Lipinski definition) is 1. The van der Waals surface area contributed by atoms with Gasteiger partial charge in [0.15, 0.2) is 5.78 Å². The Hall–Kier alpha value is -2.96. The van der Waals surface area contributed by atoms with Gasteiger partial charge >= 0.3 is 5.97 Å². The Balaban J connectivity index is 1.44. The van der Waals surface area contributed by atoms with Crippen molar-refractivity contribution in [3.05, 3.63) is 46.8 Å². The summed E-state index contributed by atoms with van der Waals surface area (Å²) < 4.78 is 7.11. The molecule has 1 aromatic carbocycles. The molecular formula is C25H31N3O4. The molecule has 0 bridgehead atoms. The van der Waals surface area contributed by atoms with Crippen LogP contribution in [0.15, 0.2) is 24.3 Å². The summed E-state index contributed by atoms with van der Waals surface area (Å²) in [6.07, 6.45) is 4.40. The Morgan fingerprint density at radius 2 is 1.75 bits per heavy atom. The van der Waals surface area contributed by atoms with Crippen LogP contribution in [0, 0.1) is 12.3 Å². The third-order valence-corrected chi connectivity index (χ3v) is 6.44. The lowest BCUT2D eigenvalue weighted by Gasteiger charge is -2.29. The molecule has 0 unspecified atom stereocenters. The number of benzene rings is 1. The number of rotatable bonds is 4. The van der Waals surface area contributed by atoms with Gasteiger partial charge in [-0.1, -0.05) is 13.8 Å². The van der Waals surface area contributed by atoms with Crippen LogP contribution < -0.4 is 5.32 Å². The Kier molecular flexibility index (Phi) is 5.93. The molecule has 4 rings (SSSR count). The summed E-state index contributed by atoms with van der Waals surface area (Å²) in [5.41, 5.74) is 3.79. The monoisotopic (exact) mass is 437 g/mol. The van der Waals surface area contributed by atoms with Crippen LogP contribution in [-0.2, 0) is 16.0 Å². The predicted octanol–water partition coefficient (Wildman–Crippen LogP) is 3.94. The quantitative estimate of drug-likeness (QED) is 0.732. The van der Waals surface area contributed by atoms with Gasteiger partial charge in [0.1, 0.15) is 6.10 Å². The number of carbonyl (C=O) groups excluding carboxylic acids is 3. The van der Waals surface area contributed by atoms with Crippen molar-refractivity contribution in [3.8, 4) is 5.69 Å². The van der Waals surface area contributed by atoms with E-state index >= 15 is 0 Å². The SMILES string of the molecule is CC(=O)OC1CCC(NC(=O)c2ccc(-n3nc(C)c4c3CC(C)(C)CC4=O)cc2)CC1. The molecule has 2 aliphatic carbocycles. The average molecular weight is 438 g/mol. The van der Waals surface area contributed by atoms with Gasteiger partial charge in [-0.15, -0.1) is 0 Å². The normalized spacial score (nSPS) is 22.2. The maximum Gasteiger partial charge on any atom is 0.302 e. The lowest BCUT2D eigenvalue weighted by Crippen LogP contribution is -2.39. The highest BCUT2D eigenvalue weighted by molar-refractivity contribution is 6.00. The summed E-state index contributed by atoms with van der Waals surface area (Å²) in [5, 5.41) is 7.73. The summed E-state index contributed by atoms with van der Waals surface area (Å²) in [4.78, 5) is 36.5. The van der Waals surface area contributed by atoms with Gasteiger partial charge < -0.3 is 10.1 Å². The van der Waals surface area contributed by atoms with Crippen LogP contribution in [0.2, 0.25) is 0 Å². The van der Waals surface area contributed by atoms with Gasteiger partial charge in [0.25, 0.3) is 5.91 Å². The molecule has 32 heavy (non-hydrogen) atoms. The summed E-state index contributed by atoms with van der Waals surface area (Å²) in [6.45, 7) is 7.52. The van der Waals surface area contributed by atoms with Gasteiger partial charge in [-0.3, -0.25) is 14.4 Å². The lowest BCUT2D eigenvalue weighted by atomic mass is 9.75. The molecule has 7 nitrogen and oxygen atoms in total. The highest BCUT2D eigenvalue weighted by Crippen LogP contribution is 2.37. The van der Waals surface area contributed by atoms with Crippen molar-refractivity contribution >= 4 is 17.7 Å². The first-order valence-corrected chi connectivity index (χ1v) is 11.3. The molecule has 1 saturated carbocycles. The zero-order chi connectivity index (χ0) is 23.0. The number of Topliss-reactive ketones (excluding diaryl/α,β-unsaturated/α-hetero) is 1. The average Bonchev–Trinajstić information content (AvgIpc) is 3.04. The first-order chi connectivity index (χ1) is 15.1. The standard InChI is InChI=1S/C25H31N3O4/c1-15-23-21(13-25(3,4)14-22(23)30)28(27-15)19-9-5-17(6-10-19)24(31)26-18-7-11-20(12-8-18)32-16(2)29/h5-6,9-10,18,20H,7-8,11-14H2,1-4H3,(H,26,31). The van der Waals surface area contributed by atoms with Crippen LogP contribution in [0.4, 0.5) is 0 Å². The molecule has 1 heterocycles. The second kappa shape index (κ2) is 8.52. The van der Waals surface area contributed by atoms with Gasteiger partial charge in [0, 0.05) is 24.9 Å². The fourth-order valence-electron chi connectivity index (χ4n) is 4.94. The molecule has 2 aliphatic rings. The number of ether oxygens (including phenoxy) is 1. The van der Waals surface area contributed by atoms with Crippen LogP contribution in [0.3, 0.4) is 0 Å². The van der Waals surface area contributed by atoms with Gasteiger partial charge in [-0.25, -0.2) is 4.68 Å². The zero-order valence-electron chi connectivity index (χ0n) is 19.2. The zero-order valence-corrected chi connectivity index (χ0v) is 19.2. The predicted molar refractivity (Wildman–Crippen MR) is 120 cm³/mol. The minimum Gasteiger partial charge on any atom is -0.463 e. The molecule has 1 aromatic heterocycles. The van der Waals surface area contributed by atoms with Crippen LogP contribution >= 0.6 is 0 Å². The van der Waals surface area contributed by atoms with Crippen molar-refractivity contribution in [1.82, 2.24) is 15.1 Å². The van der Waals surface area contributed by atoms with Gasteiger partial charge in [0.2, 0.25) is 0 Å². The third-order valence-electron chi connectivity index (χ3n) is 6.44. The van der Waals surface area contributed by atoms with E-state index in [9.17, 15) is 14.4 Å². The number of esters is 1. The van der Waals surface area contributed by atoms with Crippen molar-refractivity contribution in [2.24, 2.45) is 5.41 Å². The van der Waals surface area contributed by atoms with Crippen LogP contribution in [0.5, 0.6) is 0 Å². The van der Waals surface area contributed by atoms with E-state index in [1.807, 2.05) is 23.7 Å². The number of carbonyl (C=O) groups is 3. The number of fused-ring (bicyclic) bond motifs is 1. The largest absolute Gasteiger partial charge is 0.463 e. The maximum absolute atomic E-state index is 12.7. The molecule has 0 spiro atoms. The van der Waals surface area contributed by atoms with E-state index in [1.165, 1.54) is 6.92 Å². The molecule has 0 aliphatic heterocycles. The minimum atomic E-state index is -0.251. The molecule has 1 N–H and O–H groups in total. The number of ketones is 1. The Morgan fingerprint density at radius 1 is 1.09 bits per heavy atom. The summed E-state index contributed by atoms with van der Waals surface area (Å²) in [7, 11) is 0. The molecule has 0 atom stereocenters. The molecule has 7 heteroatoms. The topological polar surface area (TPSA) is 90.3 Å². The first kappa shape index (κ1) is 22.2. The van der Waals surface area contributed by atoms with Crippen LogP contribution in [0.1, 0.15) is 85.0 Å². The smallest absolute Gasteiger partial charge is 0.302 e. The van der Waals surface area contributed by atoms with E-state index in [1.54, 1.807) is 12.1 Å². The van der Waals surface area contributed by atoms with E-state index in [4.69, 9.17) is 4.74 Å². The molecule has 1 amide bonds. The van der Waals surface area contributed by atoms with E-state index in [-0.39, 0.29) is 35.2 Å². The molecular weight excluding hydrogens is 406 g/mol. The molecule has 0 radical (unpaired) electrons. The number of nitrogens with zero attached hydrogens (tertiary/aromatic N) is 2. The van der Waals surface area contributed by atoms with Crippen LogP contribution in [0.25, 0.3) is 5.69 Å². The maximum atomic E-state index is 12.7. The molecule has 1 fully saturated rings. The molecule has 0 saturated heterocycles. The Bertz CT molecular complexity index is 1040.